The summed E-state index contributed by atoms with van der Waals surface area (Å²) in [6, 6.07) is 8.08. The Bertz CT molecular complexity index is 634. The van der Waals surface area contributed by atoms with Gasteiger partial charge in [0.25, 0.3) is 0 Å². The molecule has 0 spiro atoms. The van der Waals surface area contributed by atoms with E-state index in [-0.39, 0.29) is 7.43 Å². The molecule has 140 valence electrons. The zero-order valence-corrected chi connectivity index (χ0v) is 16.2. The lowest BCUT2D eigenvalue weighted by Crippen LogP contribution is -2.10. The molecule has 0 radical (unpaired) electrons. The molecule has 0 saturated carbocycles. The lowest BCUT2D eigenvalue weighted by atomic mass is 10.1. The van der Waals surface area contributed by atoms with Gasteiger partial charge in [0.1, 0.15) is 5.69 Å². The minimum atomic E-state index is 0. The monoisotopic (exact) mass is 344 g/mol. The summed E-state index contributed by atoms with van der Waals surface area (Å²) in [7, 11) is 0. The Morgan fingerprint density at radius 3 is 2.16 bits per heavy atom. The van der Waals surface area contributed by atoms with Gasteiger partial charge in [-0.05, 0) is 18.6 Å². The van der Waals surface area contributed by atoms with Crippen molar-refractivity contribution in [2.24, 2.45) is 4.99 Å². The number of hydrogen-bond acceptors (Lipinski definition) is 4. The summed E-state index contributed by atoms with van der Waals surface area (Å²) in [5.41, 5.74) is 10.5. The number of aliphatic imine (C=N–C) groups is 1. The first-order valence-electron chi connectivity index (χ1n) is 8.90. The molecule has 1 aliphatic rings. The molecule has 0 saturated heterocycles. The number of rotatable bonds is 1. The molecular formula is C21H36N4. The van der Waals surface area contributed by atoms with Crippen molar-refractivity contribution in [1.82, 2.24) is 9.97 Å². The van der Waals surface area contributed by atoms with Crippen LogP contribution in [0.15, 0.2) is 35.5 Å². The summed E-state index contributed by atoms with van der Waals surface area (Å²) >= 11 is 0. The number of fused-ring (bicyclic) bond motifs is 1. The maximum absolute atomic E-state index is 5.85. The number of benzene rings is 1. The summed E-state index contributed by atoms with van der Waals surface area (Å²) in [4.78, 5) is 13.1. The SMILES string of the molecule is C.CC.CC.CCC.Cc1cnc(N)c(C2=Nc3ccccc3C2)n1. The fourth-order valence-corrected chi connectivity index (χ4v) is 1.97. The van der Waals surface area contributed by atoms with Gasteiger partial charge in [-0.15, -0.1) is 0 Å². The zero-order valence-electron chi connectivity index (χ0n) is 16.2. The first-order valence-corrected chi connectivity index (χ1v) is 8.90. The van der Waals surface area contributed by atoms with Crippen LogP contribution >= 0.6 is 0 Å². The number of anilines is 1. The molecule has 4 heteroatoms. The van der Waals surface area contributed by atoms with Gasteiger partial charge in [-0.3, -0.25) is 4.99 Å². The van der Waals surface area contributed by atoms with E-state index in [9.17, 15) is 0 Å². The van der Waals surface area contributed by atoms with Gasteiger partial charge < -0.3 is 5.73 Å². The molecule has 0 unspecified atom stereocenters. The highest BCUT2D eigenvalue weighted by atomic mass is 14.9. The third-order valence-corrected chi connectivity index (χ3v) is 2.80. The Morgan fingerprint density at radius 2 is 1.60 bits per heavy atom. The zero-order chi connectivity index (χ0) is 18.5. The molecule has 1 aromatic carbocycles. The molecule has 0 atom stereocenters. The number of nitrogens with two attached hydrogens (primary N) is 1. The average molecular weight is 345 g/mol. The van der Waals surface area contributed by atoms with Crippen molar-refractivity contribution in [3.05, 3.63) is 47.4 Å². The largest absolute Gasteiger partial charge is 0.382 e. The van der Waals surface area contributed by atoms with Crippen LogP contribution in [0.3, 0.4) is 0 Å². The average Bonchev–Trinajstić information content (AvgIpc) is 3.05. The van der Waals surface area contributed by atoms with Gasteiger partial charge in [0, 0.05) is 6.42 Å². The topological polar surface area (TPSA) is 64.2 Å². The van der Waals surface area contributed by atoms with E-state index >= 15 is 0 Å². The fraction of sp³-hybridized carbons (Fsp3) is 0.476. The Morgan fingerprint density at radius 1 is 1.04 bits per heavy atom. The highest BCUT2D eigenvalue weighted by Crippen LogP contribution is 2.28. The highest BCUT2D eigenvalue weighted by Gasteiger charge is 2.19. The van der Waals surface area contributed by atoms with E-state index < -0.39 is 0 Å². The van der Waals surface area contributed by atoms with Crippen LogP contribution in [0.4, 0.5) is 11.5 Å². The molecule has 25 heavy (non-hydrogen) atoms. The van der Waals surface area contributed by atoms with Gasteiger partial charge in [0.05, 0.1) is 23.3 Å². The second-order valence-corrected chi connectivity index (χ2v) is 4.82. The van der Waals surface area contributed by atoms with Crippen molar-refractivity contribution < 1.29 is 0 Å². The maximum atomic E-state index is 5.85. The van der Waals surface area contributed by atoms with Crippen molar-refractivity contribution in [2.75, 3.05) is 5.73 Å². The van der Waals surface area contributed by atoms with E-state index in [1.54, 1.807) is 6.20 Å². The fourth-order valence-electron chi connectivity index (χ4n) is 1.97. The minimum Gasteiger partial charge on any atom is -0.382 e. The van der Waals surface area contributed by atoms with Gasteiger partial charge in [0.15, 0.2) is 5.82 Å². The van der Waals surface area contributed by atoms with Gasteiger partial charge in [0.2, 0.25) is 0 Å². The number of aryl methyl sites for hydroxylation is 1. The first-order chi connectivity index (χ1) is 11.7. The molecule has 1 aromatic heterocycles. The number of aromatic nitrogens is 2. The summed E-state index contributed by atoms with van der Waals surface area (Å²) in [5, 5.41) is 0. The van der Waals surface area contributed by atoms with Gasteiger partial charge in [-0.1, -0.05) is 73.6 Å². The van der Waals surface area contributed by atoms with Gasteiger partial charge in [-0.2, -0.15) is 0 Å². The van der Waals surface area contributed by atoms with E-state index in [1.807, 2.05) is 52.8 Å². The molecule has 0 fully saturated rings. The molecule has 4 nitrogen and oxygen atoms in total. The standard InChI is InChI=1S/C13H12N4.C3H8.2C2H6.CH4/c1-8-7-15-13(14)12(16-8)11-6-9-4-2-3-5-10(9)17-11;1-3-2;2*1-2;/h2-5,7H,6H2,1H3,(H2,14,15);3H2,1-2H3;2*1-2H3;1H4. The lowest BCUT2D eigenvalue weighted by Gasteiger charge is -2.03. The van der Waals surface area contributed by atoms with E-state index in [0.717, 1.165) is 23.5 Å². The van der Waals surface area contributed by atoms with Crippen LogP contribution in [-0.4, -0.2) is 15.7 Å². The molecule has 2 aromatic rings. The second-order valence-electron chi connectivity index (χ2n) is 4.82. The third-order valence-electron chi connectivity index (χ3n) is 2.80. The predicted molar refractivity (Wildman–Crippen MR) is 113 cm³/mol. The Hall–Kier alpha value is -2.23. The normalized spacial score (nSPS) is 10.3. The van der Waals surface area contributed by atoms with Crippen molar-refractivity contribution in [3.8, 4) is 0 Å². The predicted octanol–water partition coefficient (Wildman–Crippen LogP) is 6.15. The highest BCUT2D eigenvalue weighted by molar-refractivity contribution is 6.07. The van der Waals surface area contributed by atoms with Crippen LogP contribution < -0.4 is 5.73 Å². The number of hydrogen-bond donors (Lipinski definition) is 1. The summed E-state index contributed by atoms with van der Waals surface area (Å²) in [5.74, 6) is 0.446. The van der Waals surface area contributed by atoms with Crippen molar-refractivity contribution in [2.45, 2.75) is 68.7 Å². The Kier molecular flexibility index (Phi) is 14.2. The van der Waals surface area contributed by atoms with Crippen molar-refractivity contribution in [3.63, 3.8) is 0 Å². The minimum absolute atomic E-state index is 0. The molecular weight excluding hydrogens is 308 g/mol. The van der Waals surface area contributed by atoms with Crippen LogP contribution in [0.1, 0.15) is 72.3 Å². The van der Waals surface area contributed by atoms with Gasteiger partial charge >= 0.3 is 0 Å². The molecule has 3 rings (SSSR count). The van der Waals surface area contributed by atoms with Crippen LogP contribution in [-0.2, 0) is 6.42 Å². The summed E-state index contributed by atoms with van der Waals surface area (Å²) in [6.45, 7) is 14.2. The number of nitrogen functional groups attached to an aromatic ring is 1. The van der Waals surface area contributed by atoms with Crippen LogP contribution in [0.2, 0.25) is 0 Å². The molecule has 0 amide bonds. The molecule has 2 heterocycles. The van der Waals surface area contributed by atoms with Crippen LogP contribution in [0.25, 0.3) is 0 Å². The summed E-state index contributed by atoms with van der Waals surface area (Å²) in [6.07, 6.45) is 3.69. The lowest BCUT2D eigenvalue weighted by molar-refractivity contribution is 1.09. The Balaban J connectivity index is 0. The van der Waals surface area contributed by atoms with E-state index in [0.29, 0.717) is 11.5 Å². The van der Waals surface area contributed by atoms with Crippen molar-refractivity contribution in [1.29, 1.82) is 0 Å². The van der Waals surface area contributed by atoms with Crippen molar-refractivity contribution >= 4 is 17.2 Å². The van der Waals surface area contributed by atoms with Crippen LogP contribution in [0, 0.1) is 6.92 Å². The first kappa shape index (κ1) is 25.0. The Labute approximate surface area is 154 Å². The molecule has 2 N–H and O–H groups in total. The third kappa shape index (κ3) is 7.46. The second kappa shape index (κ2) is 14.1. The molecule has 1 aliphatic heterocycles. The summed E-state index contributed by atoms with van der Waals surface area (Å²) < 4.78 is 0. The van der Waals surface area contributed by atoms with E-state index in [1.165, 1.54) is 12.0 Å². The van der Waals surface area contributed by atoms with E-state index in [2.05, 4.69) is 34.9 Å². The van der Waals surface area contributed by atoms with Crippen LogP contribution in [0.5, 0.6) is 0 Å². The van der Waals surface area contributed by atoms with Gasteiger partial charge in [-0.25, -0.2) is 9.97 Å². The quantitative estimate of drug-likeness (QED) is 0.675. The number of nitrogens with zero attached hydrogens (tertiary/aromatic N) is 3. The maximum Gasteiger partial charge on any atom is 0.151 e. The number of para-hydroxylation sites is 1. The van der Waals surface area contributed by atoms with E-state index in [4.69, 9.17) is 5.73 Å². The smallest absolute Gasteiger partial charge is 0.151 e. The molecule has 0 aliphatic carbocycles. The molecule has 0 bridgehead atoms.